The average molecular weight is 767 g/mol. The number of thiazole rings is 1. The number of carbonyl (C=O) groups is 4. The van der Waals surface area contributed by atoms with Crippen molar-refractivity contribution in [3.8, 4) is 17.2 Å². The first kappa shape index (κ1) is 39.1. The number of aromatic nitrogens is 1. The standard InChI is InChI=1S/C40H38N4O8S2/c1-5-52-35(45)22-29-24-53-40(42-29)44-39(48)36(25-13-8-6-9-14-25)54-30-18-12-17-28(21-30)41-38(47)31(43-37(46)26-15-10-7-11-16-26)19-27-20-33(50-3)34(51-4)23-32(27)49-2/h6-21,23-24,36H,5,22H2,1-4H3,(H,41,47)(H,43,46)(H,42,44,48)/b31-19+. The summed E-state index contributed by atoms with van der Waals surface area (Å²) in [5.41, 5.74) is 2.39. The predicted octanol–water partition coefficient (Wildman–Crippen LogP) is 7.16. The summed E-state index contributed by atoms with van der Waals surface area (Å²) < 4.78 is 21.4. The Morgan fingerprint density at radius 3 is 2.19 bits per heavy atom. The molecular formula is C40H38N4O8S2. The van der Waals surface area contributed by atoms with E-state index in [0.717, 1.165) is 5.56 Å². The summed E-state index contributed by atoms with van der Waals surface area (Å²) in [6, 6.07) is 28.0. The molecule has 1 atom stereocenters. The number of carbonyl (C=O) groups excluding carboxylic acids is 4. The number of nitrogens with zero attached hydrogens (tertiary/aromatic N) is 1. The highest BCUT2D eigenvalue weighted by Gasteiger charge is 2.24. The van der Waals surface area contributed by atoms with Gasteiger partial charge in [0.15, 0.2) is 16.6 Å². The molecule has 1 unspecified atom stereocenters. The summed E-state index contributed by atoms with van der Waals surface area (Å²) in [7, 11) is 4.47. The number of benzene rings is 4. The molecule has 0 radical (unpaired) electrons. The van der Waals surface area contributed by atoms with Gasteiger partial charge in [0.05, 0.1) is 40.1 Å². The van der Waals surface area contributed by atoms with Crippen molar-refractivity contribution >= 4 is 63.7 Å². The fourth-order valence-electron chi connectivity index (χ4n) is 5.12. The van der Waals surface area contributed by atoms with Gasteiger partial charge in [0, 0.05) is 33.2 Å². The number of hydrogen-bond donors (Lipinski definition) is 3. The molecule has 0 aliphatic heterocycles. The van der Waals surface area contributed by atoms with Crippen LogP contribution in [0.15, 0.2) is 113 Å². The third kappa shape index (κ3) is 10.5. The maximum absolute atomic E-state index is 13.9. The van der Waals surface area contributed by atoms with Crippen molar-refractivity contribution in [3.05, 3.63) is 131 Å². The molecule has 1 heterocycles. The Balaban J connectivity index is 1.40. The predicted molar refractivity (Wildman–Crippen MR) is 209 cm³/mol. The number of thioether (sulfide) groups is 1. The highest BCUT2D eigenvalue weighted by Crippen LogP contribution is 2.38. The Labute approximate surface area is 320 Å². The van der Waals surface area contributed by atoms with E-state index in [4.69, 9.17) is 18.9 Å². The van der Waals surface area contributed by atoms with Gasteiger partial charge in [0.25, 0.3) is 11.8 Å². The number of rotatable bonds is 16. The molecule has 0 fully saturated rings. The fraction of sp³-hybridized carbons (Fsp3) is 0.175. The summed E-state index contributed by atoms with van der Waals surface area (Å²) >= 11 is 2.49. The van der Waals surface area contributed by atoms with Crippen molar-refractivity contribution in [3.63, 3.8) is 0 Å². The zero-order valence-corrected chi connectivity index (χ0v) is 31.5. The van der Waals surface area contributed by atoms with E-state index in [2.05, 4.69) is 20.9 Å². The lowest BCUT2D eigenvalue weighted by Gasteiger charge is -2.17. The Morgan fingerprint density at radius 2 is 1.50 bits per heavy atom. The number of amides is 3. The van der Waals surface area contributed by atoms with Crippen LogP contribution in [0, 0.1) is 0 Å². The van der Waals surface area contributed by atoms with Gasteiger partial charge >= 0.3 is 5.97 Å². The van der Waals surface area contributed by atoms with Crippen molar-refractivity contribution in [2.75, 3.05) is 38.6 Å². The molecule has 54 heavy (non-hydrogen) atoms. The van der Waals surface area contributed by atoms with E-state index in [1.165, 1.54) is 50.5 Å². The van der Waals surface area contributed by atoms with Crippen LogP contribution in [-0.2, 0) is 25.5 Å². The number of ether oxygens (including phenoxy) is 4. The monoisotopic (exact) mass is 766 g/mol. The van der Waals surface area contributed by atoms with E-state index in [1.54, 1.807) is 73.0 Å². The second-order valence-corrected chi connectivity index (χ2v) is 13.4. The van der Waals surface area contributed by atoms with Crippen molar-refractivity contribution < 1.29 is 38.1 Å². The molecule has 5 aromatic rings. The fourth-order valence-corrected chi connectivity index (χ4v) is 6.92. The van der Waals surface area contributed by atoms with Crippen LogP contribution >= 0.6 is 23.1 Å². The van der Waals surface area contributed by atoms with Gasteiger partial charge in [0.1, 0.15) is 16.7 Å². The largest absolute Gasteiger partial charge is 0.496 e. The van der Waals surface area contributed by atoms with Gasteiger partial charge in [-0.1, -0.05) is 54.6 Å². The molecule has 0 bridgehead atoms. The highest BCUT2D eigenvalue weighted by molar-refractivity contribution is 8.00. The number of hydrogen-bond acceptors (Lipinski definition) is 11. The summed E-state index contributed by atoms with van der Waals surface area (Å²) in [5.74, 6) is -0.629. The molecule has 1 aromatic heterocycles. The first-order valence-electron chi connectivity index (χ1n) is 16.6. The highest BCUT2D eigenvalue weighted by atomic mass is 32.2. The maximum Gasteiger partial charge on any atom is 0.311 e. The topological polar surface area (TPSA) is 154 Å². The number of esters is 1. The van der Waals surface area contributed by atoms with Gasteiger partial charge in [-0.05, 0) is 55.0 Å². The normalized spacial score (nSPS) is 11.5. The second kappa shape index (κ2) is 19.1. The van der Waals surface area contributed by atoms with Crippen LogP contribution in [0.2, 0.25) is 0 Å². The van der Waals surface area contributed by atoms with E-state index in [1.807, 2.05) is 36.4 Å². The van der Waals surface area contributed by atoms with Gasteiger partial charge < -0.3 is 34.9 Å². The maximum atomic E-state index is 13.9. The summed E-state index contributed by atoms with van der Waals surface area (Å²) in [4.78, 5) is 57.9. The molecule has 3 N–H and O–H groups in total. The van der Waals surface area contributed by atoms with Crippen LogP contribution < -0.4 is 30.2 Å². The summed E-state index contributed by atoms with van der Waals surface area (Å²) in [5, 5.41) is 9.85. The first-order chi connectivity index (χ1) is 26.2. The molecule has 0 saturated carbocycles. The molecule has 4 aromatic carbocycles. The van der Waals surface area contributed by atoms with Crippen molar-refractivity contribution in [1.82, 2.24) is 10.3 Å². The van der Waals surface area contributed by atoms with Gasteiger partial charge in [0.2, 0.25) is 5.91 Å². The second-order valence-electron chi connectivity index (χ2n) is 11.3. The third-order valence-electron chi connectivity index (χ3n) is 7.66. The number of anilines is 2. The molecule has 12 nitrogen and oxygen atoms in total. The zero-order chi connectivity index (χ0) is 38.5. The first-order valence-corrected chi connectivity index (χ1v) is 18.4. The Morgan fingerprint density at radius 1 is 0.815 bits per heavy atom. The molecule has 0 aliphatic carbocycles. The number of methoxy groups -OCH3 is 3. The van der Waals surface area contributed by atoms with E-state index in [9.17, 15) is 19.2 Å². The van der Waals surface area contributed by atoms with Crippen LogP contribution in [0.3, 0.4) is 0 Å². The van der Waals surface area contributed by atoms with Gasteiger partial charge in [-0.15, -0.1) is 23.1 Å². The van der Waals surface area contributed by atoms with E-state index >= 15 is 0 Å². The Hall–Kier alpha value is -6.12. The Kier molecular flexibility index (Phi) is 13.8. The minimum absolute atomic E-state index is 0.00422. The lowest BCUT2D eigenvalue weighted by Crippen LogP contribution is -2.30. The third-order valence-corrected chi connectivity index (χ3v) is 9.72. The molecule has 14 heteroatoms. The van der Waals surface area contributed by atoms with Gasteiger partial charge in [-0.3, -0.25) is 19.2 Å². The lowest BCUT2D eigenvalue weighted by molar-refractivity contribution is -0.142. The Bertz CT molecular complexity index is 2120. The van der Waals surface area contributed by atoms with E-state index in [-0.39, 0.29) is 24.6 Å². The molecule has 3 amide bonds. The van der Waals surface area contributed by atoms with Gasteiger partial charge in [-0.25, -0.2) is 4.98 Å². The molecule has 0 saturated heterocycles. The molecule has 0 aliphatic rings. The smallest absolute Gasteiger partial charge is 0.311 e. The van der Waals surface area contributed by atoms with E-state index < -0.39 is 23.0 Å². The SMILES string of the molecule is CCOC(=O)Cc1csc(NC(=O)C(Sc2cccc(NC(=O)/C(=C\c3cc(OC)c(OC)cc3OC)NC(=O)c3ccccc3)c2)c2ccccc2)n1. The van der Waals surface area contributed by atoms with Crippen LogP contribution in [0.1, 0.15) is 39.4 Å². The van der Waals surface area contributed by atoms with Crippen LogP contribution in [0.5, 0.6) is 17.2 Å². The van der Waals surface area contributed by atoms with E-state index in [0.29, 0.717) is 49.8 Å². The summed E-state index contributed by atoms with van der Waals surface area (Å²) in [6.45, 7) is 2.00. The number of nitrogens with one attached hydrogen (secondary N) is 3. The quantitative estimate of drug-likeness (QED) is 0.0536. The molecule has 5 rings (SSSR count). The summed E-state index contributed by atoms with van der Waals surface area (Å²) in [6.07, 6.45) is 1.49. The minimum atomic E-state index is -0.701. The van der Waals surface area contributed by atoms with Gasteiger partial charge in [-0.2, -0.15) is 0 Å². The lowest BCUT2D eigenvalue weighted by atomic mass is 10.1. The molecular weight excluding hydrogens is 729 g/mol. The zero-order valence-electron chi connectivity index (χ0n) is 29.9. The van der Waals surface area contributed by atoms with Crippen LogP contribution in [0.4, 0.5) is 10.8 Å². The average Bonchev–Trinajstić information content (AvgIpc) is 3.63. The van der Waals surface area contributed by atoms with Crippen molar-refractivity contribution in [2.24, 2.45) is 0 Å². The molecule has 278 valence electrons. The van der Waals surface area contributed by atoms with Crippen molar-refractivity contribution in [1.29, 1.82) is 0 Å². The van der Waals surface area contributed by atoms with Crippen molar-refractivity contribution in [2.45, 2.75) is 23.5 Å². The minimum Gasteiger partial charge on any atom is -0.496 e. The van der Waals surface area contributed by atoms with Crippen LogP contribution in [0.25, 0.3) is 6.08 Å². The van der Waals surface area contributed by atoms with Crippen LogP contribution in [-0.4, -0.2) is 56.6 Å². The molecule has 0 spiro atoms.